The summed E-state index contributed by atoms with van der Waals surface area (Å²) < 4.78 is 1.56. The maximum absolute atomic E-state index is 12.3. The summed E-state index contributed by atoms with van der Waals surface area (Å²) in [6.07, 6.45) is 2.22. The van der Waals surface area contributed by atoms with Gasteiger partial charge < -0.3 is 10.0 Å². The molecule has 0 saturated heterocycles. The lowest BCUT2D eigenvalue weighted by Gasteiger charge is -2.18. The lowest BCUT2D eigenvalue weighted by atomic mass is 10.2. The SMILES string of the molecule is CCCN(CC(=O)O)C(=O)c1cn(Cc2ccccc2)nn1. The Labute approximate surface area is 128 Å². The van der Waals surface area contributed by atoms with Crippen molar-refractivity contribution in [2.45, 2.75) is 19.9 Å². The van der Waals surface area contributed by atoms with Gasteiger partial charge in [0.15, 0.2) is 5.69 Å². The predicted molar refractivity (Wildman–Crippen MR) is 79.4 cm³/mol. The second-order valence-electron chi connectivity index (χ2n) is 4.91. The molecule has 0 aliphatic rings. The first kappa shape index (κ1) is 15.7. The fraction of sp³-hybridized carbons (Fsp3) is 0.333. The average molecular weight is 302 g/mol. The first-order valence-electron chi connectivity index (χ1n) is 7.05. The molecule has 116 valence electrons. The van der Waals surface area contributed by atoms with E-state index in [0.29, 0.717) is 19.5 Å². The molecule has 0 aliphatic heterocycles. The molecule has 0 atom stereocenters. The zero-order valence-corrected chi connectivity index (χ0v) is 12.3. The van der Waals surface area contributed by atoms with Crippen LogP contribution < -0.4 is 0 Å². The van der Waals surface area contributed by atoms with Gasteiger partial charge in [0.25, 0.3) is 5.91 Å². The Morgan fingerprint density at radius 1 is 1.27 bits per heavy atom. The van der Waals surface area contributed by atoms with E-state index >= 15 is 0 Å². The van der Waals surface area contributed by atoms with E-state index in [9.17, 15) is 9.59 Å². The van der Waals surface area contributed by atoms with Crippen LogP contribution in [0.2, 0.25) is 0 Å². The number of aromatic nitrogens is 3. The molecule has 22 heavy (non-hydrogen) atoms. The van der Waals surface area contributed by atoms with Gasteiger partial charge >= 0.3 is 5.97 Å². The van der Waals surface area contributed by atoms with Crippen LogP contribution in [-0.2, 0) is 11.3 Å². The number of carbonyl (C=O) groups excluding carboxylic acids is 1. The van der Waals surface area contributed by atoms with Gasteiger partial charge in [-0.1, -0.05) is 42.5 Å². The lowest BCUT2D eigenvalue weighted by Crippen LogP contribution is -2.36. The fourth-order valence-corrected chi connectivity index (χ4v) is 2.09. The number of hydrogen-bond donors (Lipinski definition) is 1. The Balaban J connectivity index is 2.08. The Bertz CT molecular complexity index is 639. The van der Waals surface area contributed by atoms with Gasteiger partial charge in [-0.15, -0.1) is 5.10 Å². The normalized spacial score (nSPS) is 10.4. The number of carbonyl (C=O) groups is 2. The highest BCUT2D eigenvalue weighted by Gasteiger charge is 2.20. The summed E-state index contributed by atoms with van der Waals surface area (Å²) in [6, 6.07) is 9.69. The molecule has 1 aromatic carbocycles. The van der Waals surface area contributed by atoms with E-state index in [0.717, 1.165) is 5.56 Å². The lowest BCUT2D eigenvalue weighted by molar-refractivity contribution is -0.137. The van der Waals surface area contributed by atoms with Crippen molar-refractivity contribution in [2.24, 2.45) is 0 Å². The van der Waals surface area contributed by atoms with Crippen molar-refractivity contribution in [1.82, 2.24) is 19.9 Å². The second-order valence-corrected chi connectivity index (χ2v) is 4.91. The number of amides is 1. The quantitative estimate of drug-likeness (QED) is 0.832. The molecule has 0 spiro atoms. The molecule has 7 heteroatoms. The summed E-state index contributed by atoms with van der Waals surface area (Å²) in [5.74, 6) is -1.46. The van der Waals surface area contributed by atoms with Crippen LogP contribution in [0.15, 0.2) is 36.5 Å². The van der Waals surface area contributed by atoms with Crippen molar-refractivity contribution in [3.8, 4) is 0 Å². The Kier molecular flexibility index (Phi) is 5.24. The summed E-state index contributed by atoms with van der Waals surface area (Å²) in [5, 5.41) is 16.6. The van der Waals surface area contributed by atoms with Crippen LogP contribution >= 0.6 is 0 Å². The first-order valence-corrected chi connectivity index (χ1v) is 7.05. The molecule has 0 radical (unpaired) electrons. The molecule has 7 nitrogen and oxygen atoms in total. The van der Waals surface area contributed by atoms with Crippen molar-refractivity contribution >= 4 is 11.9 Å². The maximum atomic E-state index is 12.3. The molecule has 1 amide bonds. The van der Waals surface area contributed by atoms with E-state index in [4.69, 9.17) is 5.11 Å². The number of aliphatic carboxylic acids is 1. The largest absolute Gasteiger partial charge is 0.480 e. The highest BCUT2D eigenvalue weighted by Crippen LogP contribution is 2.05. The third-order valence-corrected chi connectivity index (χ3v) is 3.05. The van der Waals surface area contributed by atoms with Gasteiger partial charge in [0, 0.05) is 6.54 Å². The molecule has 2 aromatic rings. The minimum Gasteiger partial charge on any atom is -0.480 e. The first-order chi connectivity index (χ1) is 10.6. The van der Waals surface area contributed by atoms with Crippen LogP contribution in [-0.4, -0.2) is 50.0 Å². The van der Waals surface area contributed by atoms with E-state index < -0.39 is 11.9 Å². The Hall–Kier alpha value is -2.70. The van der Waals surface area contributed by atoms with Crippen LogP contribution in [0.1, 0.15) is 29.4 Å². The molecule has 0 bridgehead atoms. The van der Waals surface area contributed by atoms with Gasteiger partial charge in [0.05, 0.1) is 12.7 Å². The summed E-state index contributed by atoms with van der Waals surface area (Å²) in [4.78, 5) is 24.4. The Morgan fingerprint density at radius 2 is 2.00 bits per heavy atom. The van der Waals surface area contributed by atoms with E-state index in [1.165, 1.54) is 4.90 Å². The monoisotopic (exact) mass is 302 g/mol. The van der Waals surface area contributed by atoms with Crippen LogP contribution in [0.5, 0.6) is 0 Å². The van der Waals surface area contributed by atoms with Gasteiger partial charge in [-0.3, -0.25) is 9.59 Å². The van der Waals surface area contributed by atoms with Gasteiger partial charge in [-0.25, -0.2) is 4.68 Å². The van der Waals surface area contributed by atoms with Crippen molar-refractivity contribution in [1.29, 1.82) is 0 Å². The number of carboxylic acid groups (broad SMARTS) is 1. The Morgan fingerprint density at radius 3 is 2.64 bits per heavy atom. The molecule has 0 aliphatic carbocycles. The second kappa shape index (κ2) is 7.35. The van der Waals surface area contributed by atoms with Gasteiger partial charge in [0.1, 0.15) is 6.54 Å². The van der Waals surface area contributed by atoms with Crippen molar-refractivity contribution in [3.63, 3.8) is 0 Å². The standard InChI is InChI=1S/C15H18N4O3/c1-2-8-18(11-14(20)21)15(22)13-10-19(17-16-13)9-12-6-4-3-5-7-12/h3-7,10H,2,8-9,11H2,1H3,(H,20,21). The van der Waals surface area contributed by atoms with Crippen LogP contribution in [0.25, 0.3) is 0 Å². The maximum Gasteiger partial charge on any atom is 0.323 e. The molecule has 1 N–H and O–H groups in total. The summed E-state index contributed by atoms with van der Waals surface area (Å²) in [7, 11) is 0. The molecule has 0 unspecified atom stereocenters. The number of hydrogen-bond acceptors (Lipinski definition) is 4. The predicted octanol–water partition coefficient (Wildman–Crippen LogP) is 1.26. The number of rotatable bonds is 7. The molecule has 0 fully saturated rings. The summed E-state index contributed by atoms with van der Waals surface area (Å²) in [6.45, 7) is 2.43. The topological polar surface area (TPSA) is 88.3 Å². The zero-order chi connectivity index (χ0) is 15.9. The van der Waals surface area contributed by atoms with Gasteiger partial charge in [-0.05, 0) is 12.0 Å². The minimum absolute atomic E-state index is 0.158. The number of carboxylic acids is 1. The van der Waals surface area contributed by atoms with Crippen LogP contribution in [0.3, 0.4) is 0 Å². The third kappa shape index (κ3) is 4.15. The summed E-state index contributed by atoms with van der Waals surface area (Å²) in [5.41, 5.74) is 1.20. The number of nitrogens with zero attached hydrogens (tertiary/aromatic N) is 4. The van der Waals surface area contributed by atoms with Crippen molar-refractivity contribution < 1.29 is 14.7 Å². The molecule has 2 rings (SSSR count). The van der Waals surface area contributed by atoms with Crippen molar-refractivity contribution in [3.05, 3.63) is 47.8 Å². The van der Waals surface area contributed by atoms with E-state index in [2.05, 4.69) is 10.3 Å². The molecule has 1 aromatic heterocycles. The van der Waals surface area contributed by atoms with Gasteiger partial charge in [-0.2, -0.15) is 0 Å². The van der Waals surface area contributed by atoms with E-state index in [1.54, 1.807) is 10.9 Å². The van der Waals surface area contributed by atoms with Crippen LogP contribution in [0.4, 0.5) is 0 Å². The zero-order valence-electron chi connectivity index (χ0n) is 12.3. The minimum atomic E-state index is -1.04. The smallest absolute Gasteiger partial charge is 0.323 e. The highest BCUT2D eigenvalue weighted by atomic mass is 16.4. The average Bonchev–Trinajstić information content (AvgIpc) is 2.95. The fourth-order valence-electron chi connectivity index (χ4n) is 2.09. The van der Waals surface area contributed by atoms with Crippen molar-refractivity contribution in [2.75, 3.05) is 13.1 Å². The highest BCUT2D eigenvalue weighted by molar-refractivity contribution is 5.93. The van der Waals surface area contributed by atoms with Gasteiger partial charge in [0.2, 0.25) is 0 Å². The molecule has 1 heterocycles. The molecule has 0 saturated carbocycles. The third-order valence-electron chi connectivity index (χ3n) is 3.05. The van der Waals surface area contributed by atoms with E-state index in [1.807, 2.05) is 37.3 Å². The van der Waals surface area contributed by atoms with E-state index in [-0.39, 0.29) is 12.2 Å². The number of benzene rings is 1. The summed E-state index contributed by atoms with van der Waals surface area (Å²) >= 11 is 0. The molecular weight excluding hydrogens is 284 g/mol. The molecular formula is C15H18N4O3. The van der Waals surface area contributed by atoms with Crippen LogP contribution in [0, 0.1) is 0 Å².